The predicted molar refractivity (Wildman–Crippen MR) is 79.4 cm³/mol. The van der Waals surface area contributed by atoms with Crippen molar-refractivity contribution in [2.24, 2.45) is 5.73 Å². The summed E-state index contributed by atoms with van der Waals surface area (Å²) in [5, 5.41) is 2.83. The number of nitrogens with one attached hydrogen (secondary N) is 1. The Hall–Kier alpha value is -1.84. The SMILES string of the molecule is Cl.NC(CNC(=O)c1ccccc1)c1ccccc1. The summed E-state index contributed by atoms with van der Waals surface area (Å²) in [6.45, 7) is 0.428. The summed E-state index contributed by atoms with van der Waals surface area (Å²) in [4.78, 5) is 11.8. The fraction of sp³-hybridized carbons (Fsp3) is 0.133. The molecule has 2 aromatic rings. The second-order valence-electron chi connectivity index (χ2n) is 4.09. The first kappa shape index (κ1) is 15.2. The molecular weight excluding hydrogens is 260 g/mol. The van der Waals surface area contributed by atoms with Crippen LogP contribution in [0.3, 0.4) is 0 Å². The van der Waals surface area contributed by atoms with E-state index in [2.05, 4.69) is 5.32 Å². The van der Waals surface area contributed by atoms with Gasteiger partial charge in [0.25, 0.3) is 5.91 Å². The summed E-state index contributed by atoms with van der Waals surface area (Å²) in [6.07, 6.45) is 0. The van der Waals surface area contributed by atoms with E-state index in [9.17, 15) is 4.79 Å². The Balaban J connectivity index is 0.00000180. The first-order chi connectivity index (χ1) is 8.77. The molecule has 0 aliphatic heterocycles. The molecule has 0 aliphatic rings. The van der Waals surface area contributed by atoms with Gasteiger partial charge in [0.05, 0.1) is 0 Å². The lowest BCUT2D eigenvalue weighted by atomic mass is 10.1. The van der Waals surface area contributed by atoms with Crippen LogP contribution in [0.4, 0.5) is 0 Å². The fourth-order valence-electron chi connectivity index (χ4n) is 1.71. The van der Waals surface area contributed by atoms with Crippen molar-refractivity contribution in [3.05, 3.63) is 71.8 Å². The molecule has 3 nitrogen and oxygen atoms in total. The smallest absolute Gasteiger partial charge is 0.251 e. The van der Waals surface area contributed by atoms with E-state index in [4.69, 9.17) is 5.73 Å². The van der Waals surface area contributed by atoms with Gasteiger partial charge in [-0.1, -0.05) is 48.5 Å². The molecule has 0 aromatic heterocycles. The summed E-state index contributed by atoms with van der Waals surface area (Å²) < 4.78 is 0. The highest BCUT2D eigenvalue weighted by atomic mass is 35.5. The van der Waals surface area contributed by atoms with Crippen LogP contribution in [0.25, 0.3) is 0 Å². The second kappa shape index (κ2) is 7.56. The molecule has 3 N–H and O–H groups in total. The Bertz CT molecular complexity index is 502. The molecule has 0 spiro atoms. The molecule has 0 bridgehead atoms. The lowest BCUT2D eigenvalue weighted by Gasteiger charge is -2.13. The topological polar surface area (TPSA) is 55.1 Å². The van der Waals surface area contributed by atoms with Gasteiger partial charge in [-0.05, 0) is 17.7 Å². The van der Waals surface area contributed by atoms with E-state index >= 15 is 0 Å². The molecule has 0 aliphatic carbocycles. The Labute approximate surface area is 119 Å². The van der Waals surface area contributed by atoms with Crippen LogP contribution in [0.5, 0.6) is 0 Å². The molecule has 1 unspecified atom stereocenters. The van der Waals surface area contributed by atoms with Crippen molar-refractivity contribution in [2.45, 2.75) is 6.04 Å². The van der Waals surface area contributed by atoms with E-state index in [1.807, 2.05) is 48.5 Å². The first-order valence-electron chi connectivity index (χ1n) is 5.91. The summed E-state index contributed by atoms with van der Waals surface area (Å²) >= 11 is 0. The average molecular weight is 277 g/mol. The normalized spacial score (nSPS) is 11.2. The Morgan fingerprint density at radius 1 is 1.00 bits per heavy atom. The Morgan fingerprint density at radius 2 is 1.53 bits per heavy atom. The molecule has 1 atom stereocenters. The number of hydrogen-bond acceptors (Lipinski definition) is 2. The van der Waals surface area contributed by atoms with Crippen molar-refractivity contribution in [3.63, 3.8) is 0 Å². The zero-order valence-electron chi connectivity index (χ0n) is 10.5. The highest BCUT2D eigenvalue weighted by molar-refractivity contribution is 5.94. The van der Waals surface area contributed by atoms with Crippen molar-refractivity contribution in [1.82, 2.24) is 5.32 Å². The van der Waals surface area contributed by atoms with E-state index < -0.39 is 0 Å². The molecule has 0 saturated heterocycles. The van der Waals surface area contributed by atoms with Gasteiger partial charge in [-0.25, -0.2) is 0 Å². The molecule has 2 aromatic carbocycles. The third kappa shape index (κ3) is 4.39. The van der Waals surface area contributed by atoms with Crippen molar-refractivity contribution in [1.29, 1.82) is 0 Å². The van der Waals surface area contributed by atoms with E-state index in [1.165, 1.54) is 0 Å². The lowest BCUT2D eigenvalue weighted by Crippen LogP contribution is -2.31. The highest BCUT2D eigenvalue weighted by Gasteiger charge is 2.08. The van der Waals surface area contributed by atoms with Crippen molar-refractivity contribution in [2.75, 3.05) is 6.54 Å². The van der Waals surface area contributed by atoms with Crippen LogP contribution in [0, 0.1) is 0 Å². The zero-order valence-corrected chi connectivity index (χ0v) is 11.3. The molecule has 2 rings (SSSR count). The molecule has 0 heterocycles. The Kier molecular flexibility index (Phi) is 6.06. The van der Waals surface area contributed by atoms with Gasteiger partial charge in [-0.3, -0.25) is 4.79 Å². The van der Waals surface area contributed by atoms with Gasteiger partial charge >= 0.3 is 0 Å². The largest absolute Gasteiger partial charge is 0.350 e. The van der Waals surface area contributed by atoms with Gasteiger partial charge in [-0.2, -0.15) is 0 Å². The van der Waals surface area contributed by atoms with Gasteiger partial charge in [0, 0.05) is 18.2 Å². The number of carbonyl (C=O) groups is 1. The van der Waals surface area contributed by atoms with Crippen molar-refractivity contribution in [3.8, 4) is 0 Å². The number of nitrogens with two attached hydrogens (primary N) is 1. The maximum absolute atomic E-state index is 11.8. The average Bonchev–Trinajstić information content (AvgIpc) is 2.46. The van der Waals surface area contributed by atoms with E-state index in [1.54, 1.807) is 12.1 Å². The van der Waals surface area contributed by atoms with Gasteiger partial charge in [0.15, 0.2) is 0 Å². The zero-order chi connectivity index (χ0) is 12.8. The van der Waals surface area contributed by atoms with Crippen LogP contribution >= 0.6 is 12.4 Å². The maximum atomic E-state index is 11.8. The molecule has 19 heavy (non-hydrogen) atoms. The molecule has 100 valence electrons. The quantitative estimate of drug-likeness (QED) is 0.902. The monoisotopic (exact) mass is 276 g/mol. The van der Waals surface area contributed by atoms with E-state index in [0.717, 1.165) is 5.56 Å². The van der Waals surface area contributed by atoms with Crippen LogP contribution in [0.15, 0.2) is 60.7 Å². The standard InChI is InChI=1S/C15H16N2O.ClH/c16-14(12-7-3-1-4-8-12)11-17-15(18)13-9-5-2-6-10-13;/h1-10,14H,11,16H2,(H,17,18);1H. The number of benzene rings is 2. The summed E-state index contributed by atoms with van der Waals surface area (Å²) in [6, 6.07) is 18.7. The molecule has 0 saturated carbocycles. The molecule has 0 fully saturated rings. The molecule has 4 heteroatoms. The summed E-state index contributed by atoms with van der Waals surface area (Å²) in [5.41, 5.74) is 7.68. The number of halogens is 1. The molecule has 1 amide bonds. The minimum absolute atomic E-state index is 0. The van der Waals surface area contributed by atoms with Crippen molar-refractivity contribution < 1.29 is 4.79 Å². The van der Waals surface area contributed by atoms with Gasteiger partial charge in [0.2, 0.25) is 0 Å². The van der Waals surface area contributed by atoms with Crippen LogP contribution < -0.4 is 11.1 Å². The second-order valence-corrected chi connectivity index (χ2v) is 4.09. The number of rotatable bonds is 4. The van der Waals surface area contributed by atoms with Crippen LogP contribution in [-0.4, -0.2) is 12.5 Å². The van der Waals surface area contributed by atoms with Gasteiger partial charge < -0.3 is 11.1 Å². The molecular formula is C15H17ClN2O. The first-order valence-corrected chi connectivity index (χ1v) is 5.91. The predicted octanol–water partition coefficient (Wildman–Crippen LogP) is 2.54. The minimum Gasteiger partial charge on any atom is -0.350 e. The fourth-order valence-corrected chi connectivity index (χ4v) is 1.71. The van der Waals surface area contributed by atoms with Crippen LogP contribution in [0.2, 0.25) is 0 Å². The number of hydrogen-bond donors (Lipinski definition) is 2. The maximum Gasteiger partial charge on any atom is 0.251 e. The lowest BCUT2D eigenvalue weighted by molar-refractivity contribution is 0.0951. The third-order valence-corrected chi connectivity index (χ3v) is 2.75. The summed E-state index contributed by atoms with van der Waals surface area (Å²) in [7, 11) is 0. The summed E-state index contributed by atoms with van der Waals surface area (Å²) in [5.74, 6) is -0.0954. The highest BCUT2D eigenvalue weighted by Crippen LogP contribution is 2.08. The Morgan fingerprint density at radius 3 is 2.11 bits per heavy atom. The number of amides is 1. The van der Waals surface area contributed by atoms with Crippen LogP contribution in [-0.2, 0) is 0 Å². The van der Waals surface area contributed by atoms with Crippen LogP contribution in [0.1, 0.15) is 22.0 Å². The third-order valence-electron chi connectivity index (χ3n) is 2.75. The molecule has 0 radical (unpaired) electrons. The van der Waals surface area contributed by atoms with Gasteiger partial charge in [0.1, 0.15) is 0 Å². The van der Waals surface area contributed by atoms with Gasteiger partial charge in [-0.15, -0.1) is 12.4 Å². The minimum atomic E-state index is -0.182. The number of carbonyl (C=O) groups excluding carboxylic acids is 1. The van der Waals surface area contributed by atoms with E-state index in [-0.39, 0.29) is 24.4 Å². The van der Waals surface area contributed by atoms with E-state index in [0.29, 0.717) is 12.1 Å². The van der Waals surface area contributed by atoms with Crippen molar-refractivity contribution >= 4 is 18.3 Å².